The Morgan fingerprint density at radius 1 is 0.412 bits per heavy atom. The van der Waals surface area contributed by atoms with Gasteiger partial charge in [-0.3, -0.25) is 9.59 Å². The van der Waals surface area contributed by atoms with E-state index >= 15 is 0 Å². The van der Waals surface area contributed by atoms with E-state index < -0.39 is 0 Å². The summed E-state index contributed by atoms with van der Waals surface area (Å²) in [5, 5.41) is 0.813. The molecule has 0 radical (unpaired) electrons. The van der Waals surface area contributed by atoms with Crippen molar-refractivity contribution in [2.45, 2.75) is 0 Å². The van der Waals surface area contributed by atoms with Gasteiger partial charge in [0.15, 0.2) is 0 Å². The molecule has 0 fully saturated rings. The van der Waals surface area contributed by atoms with E-state index in [-0.39, 0.29) is 22.0 Å². The maximum atomic E-state index is 14.0. The summed E-state index contributed by atoms with van der Waals surface area (Å²) < 4.78 is 12.6. The van der Waals surface area contributed by atoms with Crippen molar-refractivity contribution in [3.05, 3.63) is 130 Å². The third-order valence-electron chi connectivity index (χ3n) is 5.92. The minimum atomic E-state index is -0.277. The lowest BCUT2D eigenvalue weighted by Gasteiger charge is -2.14. The van der Waals surface area contributed by atoms with E-state index in [1.54, 1.807) is 36.4 Å². The van der Waals surface area contributed by atoms with Crippen LogP contribution in [0.2, 0.25) is 0 Å². The van der Waals surface area contributed by atoms with Crippen molar-refractivity contribution in [3.63, 3.8) is 0 Å². The van der Waals surface area contributed by atoms with Gasteiger partial charge in [-0.15, -0.1) is 0 Å². The van der Waals surface area contributed by atoms with E-state index in [1.807, 2.05) is 72.8 Å². The predicted octanol–water partition coefficient (Wildman–Crippen LogP) is 6.90. The highest BCUT2D eigenvalue weighted by atomic mass is 16.3. The third-order valence-corrected chi connectivity index (χ3v) is 5.92. The first-order valence-electron chi connectivity index (χ1n) is 11.0. The van der Waals surface area contributed by atoms with E-state index in [2.05, 4.69) is 0 Å². The van der Waals surface area contributed by atoms with E-state index in [0.29, 0.717) is 44.6 Å². The van der Waals surface area contributed by atoms with Crippen LogP contribution in [0.4, 0.5) is 0 Å². The van der Waals surface area contributed by atoms with Crippen LogP contribution in [-0.4, -0.2) is 0 Å². The number of hydrogen-bond acceptors (Lipinski definition) is 4. The SMILES string of the molecule is O=c1c(-c2c(-c3ccccc3)oc3ccccc3c2=O)c(-c2ccccc2)oc2ccccc12. The standard InChI is InChI=1S/C30H18O4/c31-27-21-15-7-9-17-23(21)33-29(19-11-3-1-4-12-19)25(27)26-28(32)22-16-8-10-18-24(22)34-30(26)20-13-5-2-6-14-20/h1-18H. The molecule has 0 amide bonds. The molecule has 6 rings (SSSR count). The van der Waals surface area contributed by atoms with Crippen LogP contribution in [0, 0.1) is 0 Å². The van der Waals surface area contributed by atoms with Crippen LogP contribution in [0.25, 0.3) is 55.7 Å². The number of benzene rings is 4. The Balaban J connectivity index is 1.84. The molecule has 0 atom stereocenters. The maximum Gasteiger partial charge on any atom is 0.201 e. The fourth-order valence-electron chi connectivity index (χ4n) is 4.32. The van der Waals surface area contributed by atoms with Crippen LogP contribution in [0.15, 0.2) is 128 Å². The topological polar surface area (TPSA) is 60.4 Å². The van der Waals surface area contributed by atoms with Crippen LogP contribution < -0.4 is 10.9 Å². The molecule has 162 valence electrons. The van der Waals surface area contributed by atoms with Crippen molar-refractivity contribution < 1.29 is 8.83 Å². The average molecular weight is 442 g/mol. The second kappa shape index (κ2) is 8.01. The molecule has 4 nitrogen and oxygen atoms in total. The minimum absolute atomic E-state index is 0.197. The van der Waals surface area contributed by atoms with Crippen molar-refractivity contribution in [1.82, 2.24) is 0 Å². The first kappa shape index (κ1) is 19.9. The number of para-hydroxylation sites is 2. The highest BCUT2D eigenvalue weighted by molar-refractivity contribution is 5.96. The summed E-state index contributed by atoms with van der Waals surface area (Å²) in [4.78, 5) is 27.9. The van der Waals surface area contributed by atoms with Crippen LogP contribution in [0.5, 0.6) is 0 Å². The first-order chi connectivity index (χ1) is 16.7. The van der Waals surface area contributed by atoms with Crippen molar-refractivity contribution in [3.8, 4) is 33.8 Å². The molecule has 0 spiro atoms. The Hall–Kier alpha value is -4.70. The summed E-state index contributed by atoms with van der Waals surface area (Å²) in [6.07, 6.45) is 0. The molecule has 0 aliphatic carbocycles. The Kier molecular flexibility index (Phi) is 4.70. The minimum Gasteiger partial charge on any atom is -0.455 e. The molecule has 4 aromatic carbocycles. The van der Waals surface area contributed by atoms with Gasteiger partial charge in [0.2, 0.25) is 10.9 Å². The number of rotatable bonds is 3. The summed E-state index contributed by atoms with van der Waals surface area (Å²) >= 11 is 0. The van der Waals surface area contributed by atoms with Gasteiger partial charge in [0.05, 0.1) is 21.9 Å². The molecular weight excluding hydrogens is 424 g/mol. The zero-order chi connectivity index (χ0) is 23.1. The maximum absolute atomic E-state index is 14.0. The molecule has 0 saturated heterocycles. The van der Waals surface area contributed by atoms with E-state index in [9.17, 15) is 9.59 Å². The zero-order valence-electron chi connectivity index (χ0n) is 18.0. The Morgan fingerprint density at radius 3 is 1.18 bits per heavy atom. The van der Waals surface area contributed by atoms with E-state index in [4.69, 9.17) is 8.83 Å². The van der Waals surface area contributed by atoms with Gasteiger partial charge in [0.1, 0.15) is 22.7 Å². The van der Waals surface area contributed by atoms with Crippen LogP contribution in [0.1, 0.15) is 0 Å². The van der Waals surface area contributed by atoms with Gasteiger partial charge in [-0.25, -0.2) is 0 Å². The van der Waals surface area contributed by atoms with Crippen LogP contribution in [-0.2, 0) is 0 Å². The molecule has 0 bridgehead atoms. The van der Waals surface area contributed by atoms with Crippen molar-refractivity contribution in [1.29, 1.82) is 0 Å². The molecule has 0 saturated carbocycles. The van der Waals surface area contributed by atoms with Gasteiger partial charge < -0.3 is 8.83 Å². The second-order valence-electron chi connectivity index (χ2n) is 7.99. The van der Waals surface area contributed by atoms with Crippen LogP contribution in [0.3, 0.4) is 0 Å². The molecule has 6 aromatic rings. The monoisotopic (exact) mass is 442 g/mol. The first-order valence-corrected chi connectivity index (χ1v) is 11.0. The summed E-state index contributed by atoms with van der Waals surface area (Å²) in [6.45, 7) is 0. The van der Waals surface area contributed by atoms with Crippen molar-refractivity contribution >= 4 is 21.9 Å². The third kappa shape index (κ3) is 3.16. The smallest absolute Gasteiger partial charge is 0.201 e. The Labute approximate surface area is 194 Å². The van der Waals surface area contributed by atoms with Gasteiger partial charge in [0, 0.05) is 11.1 Å². The molecule has 0 aliphatic heterocycles. The van der Waals surface area contributed by atoms with Gasteiger partial charge in [-0.05, 0) is 24.3 Å². The quantitative estimate of drug-likeness (QED) is 0.299. The Bertz CT molecular complexity index is 1640. The van der Waals surface area contributed by atoms with E-state index in [1.165, 1.54) is 0 Å². The van der Waals surface area contributed by atoms with Gasteiger partial charge >= 0.3 is 0 Å². The average Bonchev–Trinajstić information content (AvgIpc) is 2.90. The number of fused-ring (bicyclic) bond motifs is 2. The molecule has 4 heteroatoms. The van der Waals surface area contributed by atoms with Crippen molar-refractivity contribution in [2.75, 3.05) is 0 Å². The fraction of sp³-hybridized carbons (Fsp3) is 0. The lowest BCUT2D eigenvalue weighted by Crippen LogP contribution is -2.15. The fourth-order valence-corrected chi connectivity index (χ4v) is 4.32. The lowest BCUT2D eigenvalue weighted by atomic mass is 9.94. The molecule has 0 N–H and O–H groups in total. The Morgan fingerprint density at radius 2 is 0.765 bits per heavy atom. The van der Waals surface area contributed by atoms with E-state index in [0.717, 1.165) is 0 Å². The number of hydrogen-bond donors (Lipinski definition) is 0. The summed E-state index contributed by atoms with van der Waals surface area (Å²) in [6, 6.07) is 32.9. The molecular formula is C30H18O4. The highest BCUT2D eigenvalue weighted by Gasteiger charge is 2.26. The molecule has 0 aliphatic rings. The molecule has 2 heterocycles. The summed E-state index contributed by atoms with van der Waals surface area (Å²) in [5.41, 5.74) is 2.16. The van der Waals surface area contributed by atoms with Crippen molar-refractivity contribution in [2.24, 2.45) is 0 Å². The summed E-state index contributed by atoms with van der Waals surface area (Å²) in [7, 11) is 0. The van der Waals surface area contributed by atoms with Gasteiger partial charge in [-0.1, -0.05) is 84.9 Å². The lowest BCUT2D eigenvalue weighted by molar-refractivity contribution is 0.613. The molecule has 0 unspecified atom stereocenters. The molecule has 2 aromatic heterocycles. The summed E-state index contributed by atoms with van der Waals surface area (Å²) in [5.74, 6) is 0.674. The van der Waals surface area contributed by atoms with Crippen LogP contribution >= 0.6 is 0 Å². The normalized spacial score (nSPS) is 11.2. The van der Waals surface area contributed by atoms with Gasteiger partial charge in [-0.2, -0.15) is 0 Å². The largest absolute Gasteiger partial charge is 0.455 e. The van der Waals surface area contributed by atoms with Gasteiger partial charge in [0.25, 0.3) is 0 Å². The highest BCUT2D eigenvalue weighted by Crippen LogP contribution is 2.37. The second-order valence-corrected chi connectivity index (χ2v) is 7.99. The predicted molar refractivity (Wildman–Crippen MR) is 135 cm³/mol. The zero-order valence-corrected chi connectivity index (χ0v) is 18.0. The molecule has 34 heavy (non-hydrogen) atoms.